The van der Waals surface area contributed by atoms with Crippen LogP contribution in [-0.4, -0.2) is 11.5 Å². The molecule has 0 aromatic heterocycles. The first-order chi connectivity index (χ1) is 5.25. The monoisotopic (exact) mass is 174 g/mol. The summed E-state index contributed by atoms with van der Waals surface area (Å²) in [6.45, 7) is 0. The number of ether oxygens (including phenoxy) is 1. The maximum atomic E-state index is 10.4. The molecule has 3 unspecified atom stereocenters. The highest BCUT2D eigenvalue weighted by Gasteiger charge is 2.41. The zero-order valence-electron chi connectivity index (χ0n) is 6.25. The molecule has 2 saturated carbocycles. The number of halogens is 1. The van der Waals surface area contributed by atoms with Crippen LogP contribution in [0.4, 0.5) is 4.79 Å². The van der Waals surface area contributed by atoms with Gasteiger partial charge in [0.15, 0.2) is 0 Å². The van der Waals surface area contributed by atoms with E-state index in [1.807, 2.05) is 0 Å². The topological polar surface area (TPSA) is 26.3 Å². The van der Waals surface area contributed by atoms with Gasteiger partial charge in [-0.25, -0.2) is 4.79 Å². The van der Waals surface area contributed by atoms with Crippen molar-refractivity contribution in [1.29, 1.82) is 0 Å². The van der Waals surface area contributed by atoms with Crippen molar-refractivity contribution in [3.63, 3.8) is 0 Å². The molecule has 2 nitrogen and oxygen atoms in total. The summed E-state index contributed by atoms with van der Waals surface area (Å²) < 4.78 is 4.97. The van der Waals surface area contributed by atoms with Gasteiger partial charge < -0.3 is 4.74 Å². The second-order valence-electron chi connectivity index (χ2n) is 3.57. The largest absolute Gasteiger partial charge is 0.450 e. The van der Waals surface area contributed by atoms with E-state index in [4.69, 9.17) is 16.3 Å². The highest BCUT2D eigenvalue weighted by Crippen LogP contribution is 2.45. The summed E-state index contributed by atoms with van der Waals surface area (Å²) in [5, 5.41) is 0. The molecule has 11 heavy (non-hydrogen) atoms. The molecule has 0 heterocycles. The molecule has 2 rings (SSSR count). The first kappa shape index (κ1) is 7.41. The minimum Gasteiger partial charge on any atom is -0.450 e. The summed E-state index contributed by atoms with van der Waals surface area (Å²) in [5.41, 5.74) is -0.637. The Morgan fingerprint density at radius 1 is 1.36 bits per heavy atom. The van der Waals surface area contributed by atoms with E-state index in [2.05, 4.69) is 0 Å². The summed E-state index contributed by atoms with van der Waals surface area (Å²) in [5.74, 6) is 1.42. The molecule has 2 aliphatic rings. The number of hydrogen-bond donors (Lipinski definition) is 0. The SMILES string of the molecule is O=C(Cl)OC1CC2CCC1C2. The molecule has 0 aromatic carbocycles. The van der Waals surface area contributed by atoms with Crippen molar-refractivity contribution in [2.75, 3.05) is 0 Å². The maximum Gasteiger partial charge on any atom is 0.404 e. The Balaban J connectivity index is 1.92. The molecule has 3 atom stereocenters. The van der Waals surface area contributed by atoms with Gasteiger partial charge in [-0.2, -0.15) is 0 Å². The van der Waals surface area contributed by atoms with Gasteiger partial charge in [-0.15, -0.1) is 0 Å². The highest BCUT2D eigenvalue weighted by atomic mass is 35.5. The molecule has 62 valence electrons. The predicted octanol–water partition coefficient (Wildman–Crippen LogP) is 2.55. The van der Waals surface area contributed by atoms with E-state index in [-0.39, 0.29) is 6.10 Å². The third-order valence-electron chi connectivity index (χ3n) is 2.92. The molecule has 2 bridgehead atoms. The Kier molecular flexibility index (Phi) is 1.80. The van der Waals surface area contributed by atoms with Gasteiger partial charge in [0.2, 0.25) is 0 Å². The van der Waals surface area contributed by atoms with Crippen LogP contribution in [0.3, 0.4) is 0 Å². The van der Waals surface area contributed by atoms with Crippen LogP contribution in [0.1, 0.15) is 25.7 Å². The average Bonchev–Trinajstić information content (AvgIpc) is 2.45. The molecule has 2 aliphatic carbocycles. The van der Waals surface area contributed by atoms with E-state index in [1.165, 1.54) is 19.3 Å². The van der Waals surface area contributed by atoms with Gasteiger partial charge in [0, 0.05) is 11.6 Å². The molecule has 0 radical (unpaired) electrons. The molecule has 3 heteroatoms. The van der Waals surface area contributed by atoms with E-state index in [0.29, 0.717) is 5.92 Å². The Bertz CT molecular complexity index is 181. The first-order valence-electron chi connectivity index (χ1n) is 4.12. The van der Waals surface area contributed by atoms with Gasteiger partial charge in [-0.3, -0.25) is 0 Å². The molecular weight excluding hydrogens is 164 g/mol. The molecule has 0 aromatic rings. The summed E-state index contributed by atoms with van der Waals surface area (Å²) in [4.78, 5) is 10.4. The first-order valence-corrected chi connectivity index (χ1v) is 4.49. The van der Waals surface area contributed by atoms with Crippen LogP contribution in [-0.2, 0) is 4.74 Å². The molecular formula is C8H11ClO2. The lowest BCUT2D eigenvalue weighted by atomic mass is 9.98. The number of hydrogen-bond acceptors (Lipinski definition) is 2. The van der Waals surface area contributed by atoms with Crippen molar-refractivity contribution in [1.82, 2.24) is 0 Å². The molecule has 0 spiro atoms. The Morgan fingerprint density at radius 3 is 2.64 bits per heavy atom. The van der Waals surface area contributed by atoms with E-state index < -0.39 is 5.43 Å². The van der Waals surface area contributed by atoms with Crippen molar-refractivity contribution < 1.29 is 9.53 Å². The molecule has 0 amide bonds. The zero-order chi connectivity index (χ0) is 7.84. The summed E-state index contributed by atoms with van der Waals surface area (Å²) in [6, 6.07) is 0. The number of fused-ring (bicyclic) bond motifs is 2. The second-order valence-corrected chi connectivity index (χ2v) is 3.88. The summed E-state index contributed by atoms with van der Waals surface area (Å²) >= 11 is 5.13. The lowest BCUT2D eigenvalue weighted by Gasteiger charge is -2.19. The van der Waals surface area contributed by atoms with E-state index in [1.54, 1.807) is 0 Å². The van der Waals surface area contributed by atoms with Crippen LogP contribution in [0.5, 0.6) is 0 Å². The van der Waals surface area contributed by atoms with Crippen molar-refractivity contribution in [2.24, 2.45) is 11.8 Å². The van der Waals surface area contributed by atoms with Crippen LogP contribution in [0.25, 0.3) is 0 Å². The molecule has 2 fully saturated rings. The van der Waals surface area contributed by atoms with Gasteiger partial charge in [0.25, 0.3) is 0 Å². The maximum absolute atomic E-state index is 10.4. The average molecular weight is 175 g/mol. The van der Waals surface area contributed by atoms with E-state index in [0.717, 1.165) is 12.3 Å². The van der Waals surface area contributed by atoms with Crippen LogP contribution in [0.15, 0.2) is 0 Å². The quantitative estimate of drug-likeness (QED) is 0.571. The zero-order valence-corrected chi connectivity index (χ0v) is 7.01. The van der Waals surface area contributed by atoms with Crippen LogP contribution in [0, 0.1) is 11.8 Å². The van der Waals surface area contributed by atoms with Crippen molar-refractivity contribution in [3.05, 3.63) is 0 Å². The number of rotatable bonds is 1. The Morgan fingerprint density at radius 2 is 2.18 bits per heavy atom. The lowest BCUT2D eigenvalue weighted by Crippen LogP contribution is -2.21. The minimum atomic E-state index is -0.637. The van der Waals surface area contributed by atoms with Crippen molar-refractivity contribution >= 4 is 17.0 Å². The van der Waals surface area contributed by atoms with Gasteiger partial charge in [-0.05, 0) is 37.5 Å². The fraction of sp³-hybridized carbons (Fsp3) is 0.875. The smallest absolute Gasteiger partial charge is 0.404 e. The normalized spacial score (nSPS) is 41.0. The van der Waals surface area contributed by atoms with Crippen molar-refractivity contribution in [3.8, 4) is 0 Å². The highest BCUT2D eigenvalue weighted by molar-refractivity contribution is 6.61. The second kappa shape index (κ2) is 2.67. The third kappa shape index (κ3) is 1.36. The Hall–Kier alpha value is -0.240. The van der Waals surface area contributed by atoms with Crippen molar-refractivity contribution in [2.45, 2.75) is 31.8 Å². The fourth-order valence-electron chi connectivity index (χ4n) is 2.45. The van der Waals surface area contributed by atoms with Gasteiger partial charge in [0.05, 0.1) is 0 Å². The summed E-state index contributed by atoms with van der Waals surface area (Å²) in [7, 11) is 0. The lowest BCUT2D eigenvalue weighted by molar-refractivity contribution is 0.0840. The van der Waals surface area contributed by atoms with Gasteiger partial charge in [-0.1, -0.05) is 0 Å². The fourth-order valence-corrected chi connectivity index (χ4v) is 2.56. The standard InChI is InChI=1S/C8H11ClO2/c9-8(10)11-7-4-5-1-2-6(7)3-5/h5-7H,1-4H2. The number of carbonyl (C=O) groups excluding carboxylic acids is 1. The minimum absolute atomic E-state index is 0.138. The molecule has 0 aliphatic heterocycles. The third-order valence-corrected chi connectivity index (χ3v) is 3.01. The number of carbonyl (C=O) groups is 1. The summed E-state index contributed by atoms with van der Waals surface area (Å²) in [6.07, 6.45) is 4.97. The Labute approximate surface area is 70.9 Å². The van der Waals surface area contributed by atoms with E-state index in [9.17, 15) is 4.79 Å². The molecule has 0 N–H and O–H groups in total. The predicted molar refractivity (Wildman–Crippen MR) is 41.6 cm³/mol. The molecule has 0 saturated heterocycles. The van der Waals surface area contributed by atoms with Crippen LogP contribution >= 0.6 is 11.6 Å². The van der Waals surface area contributed by atoms with Crippen LogP contribution < -0.4 is 0 Å². The van der Waals surface area contributed by atoms with E-state index >= 15 is 0 Å². The van der Waals surface area contributed by atoms with Gasteiger partial charge >= 0.3 is 5.43 Å². The van der Waals surface area contributed by atoms with Gasteiger partial charge in [0.1, 0.15) is 6.10 Å². The van der Waals surface area contributed by atoms with Crippen LogP contribution in [0.2, 0.25) is 0 Å².